The van der Waals surface area contributed by atoms with Gasteiger partial charge in [0, 0.05) is 29.7 Å². The number of rotatable bonds is 6. The van der Waals surface area contributed by atoms with E-state index >= 15 is 0 Å². The number of hydrogen-bond donors (Lipinski definition) is 1. The highest BCUT2D eigenvalue weighted by atomic mass is 35.5. The molecular weight excluding hydrogens is 266 g/mol. The Labute approximate surface area is 116 Å². The van der Waals surface area contributed by atoms with Gasteiger partial charge in [-0.1, -0.05) is 16.8 Å². The van der Waals surface area contributed by atoms with Crippen LogP contribution in [0.5, 0.6) is 0 Å². The van der Waals surface area contributed by atoms with Gasteiger partial charge in [-0.3, -0.25) is 4.79 Å². The van der Waals surface area contributed by atoms with E-state index in [9.17, 15) is 4.79 Å². The molecule has 0 amide bonds. The molecule has 0 aliphatic rings. The van der Waals surface area contributed by atoms with Crippen LogP contribution in [-0.4, -0.2) is 22.7 Å². The molecule has 1 aromatic heterocycles. The molecular formula is C14H14ClNO3. The number of hydrogen-bond acceptors (Lipinski definition) is 4. The molecule has 0 radical (unpaired) electrons. The second kappa shape index (κ2) is 6.50. The molecule has 0 aliphatic heterocycles. The minimum atomic E-state index is -0.186. The number of benzene rings is 1. The number of aliphatic hydroxyl groups excluding tert-OH is 1. The molecule has 0 bridgehead atoms. The lowest BCUT2D eigenvalue weighted by Crippen LogP contribution is -2.00. The molecule has 1 N–H and O–H groups in total. The fourth-order valence-corrected chi connectivity index (χ4v) is 1.82. The van der Waals surface area contributed by atoms with Crippen LogP contribution in [0.4, 0.5) is 0 Å². The molecule has 5 heteroatoms. The third kappa shape index (κ3) is 3.66. The van der Waals surface area contributed by atoms with Gasteiger partial charge in [-0.05, 0) is 37.1 Å². The summed E-state index contributed by atoms with van der Waals surface area (Å²) in [5.41, 5.74) is 0.820. The molecule has 1 aromatic carbocycles. The fraction of sp³-hybridized carbons (Fsp3) is 0.286. The Kier molecular flexibility index (Phi) is 4.71. The van der Waals surface area contributed by atoms with Crippen molar-refractivity contribution in [2.75, 3.05) is 6.61 Å². The van der Waals surface area contributed by atoms with Crippen LogP contribution in [0.25, 0.3) is 0 Å². The van der Waals surface area contributed by atoms with Crippen molar-refractivity contribution in [2.45, 2.75) is 19.3 Å². The molecule has 2 aromatic rings. The Bertz CT molecular complexity index is 548. The molecule has 19 heavy (non-hydrogen) atoms. The van der Waals surface area contributed by atoms with Crippen molar-refractivity contribution in [2.24, 2.45) is 0 Å². The van der Waals surface area contributed by atoms with Gasteiger partial charge in [0.1, 0.15) is 5.76 Å². The molecule has 0 aliphatic carbocycles. The predicted octanol–water partition coefficient (Wildman–Crippen LogP) is 2.87. The first-order valence-electron chi connectivity index (χ1n) is 6.07. The lowest BCUT2D eigenvalue weighted by Gasteiger charge is -1.96. The molecule has 1 heterocycles. The summed E-state index contributed by atoms with van der Waals surface area (Å²) in [5, 5.41) is 13.1. The number of carbonyl (C=O) groups excluding carboxylic acids is 1. The van der Waals surface area contributed by atoms with E-state index in [2.05, 4.69) is 5.16 Å². The van der Waals surface area contributed by atoms with Crippen molar-refractivity contribution >= 4 is 17.4 Å². The SMILES string of the molecule is O=C(c1ccc(Cl)cc1)c1cc(CCCCO)on1. The van der Waals surface area contributed by atoms with Gasteiger partial charge in [0.25, 0.3) is 0 Å². The van der Waals surface area contributed by atoms with Crippen molar-refractivity contribution < 1.29 is 14.4 Å². The van der Waals surface area contributed by atoms with E-state index < -0.39 is 0 Å². The largest absolute Gasteiger partial charge is 0.396 e. The summed E-state index contributed by atoms with van der Waals surface area (Å²) in [4.78, 5) is 12.1. The number of ketones is 1. The van der Waals surface area contributed by atoms with Crippen LogP contribution in [0.15, 0.2) is 34.9 Å². The third-order valence-electron chi connectivity index (χ3n) is 2.73. The first kappa shape index (κ1) is 13.8. The Hall–Kier alpha value is -1.65. The number of aliphatic hydroxyl groups is 1. The van der Waals surface area contributed by atoms with E-state index in [1.165, 1.54) is 0 Å². The normalized spacial score (nSPS) is 10.6. The average molecular weight is 280 g/mol. The summed E-state index contributed by atoms with van der Waals surface area (Å²) in [5.74, 6) is 0.472. The Balaban J connectivity index is 2.05. The quantitative estimate of drug-likeness (QED) is 0.652. The molecule has 0 atom stereocenters. The molecule has 4 nitrogen and oxygen atoms in total. The number of halogens is 1. The fourth-order valence-electron chi connectivity index (χ4n) is 1.70. The van der Waals surface area contributed by atoms with E-state index in [1.54, 1.807) is 30.3 Å². The highest BCUT2D eigenvalue weighted by Gasteiger charge is 2.14. The maximum atomic E-state index is 12.1. The van der Waals surface area contributed by atoms with Gasteiger partial charge in [0.2, 0.25) is 5.78 Å². The Morgan fingerprint density at radius 1 is 1.26 bits per heavy atom. The van der Waals surface area contributed by atoms with Crippen LogP contribution < -0.4 is 0 Å². The van der Waals surface area contributed by atoms with Gasteiger partial charge in [0.05, 0.1) is 0 Å². The summed E-state index contributed by atoms with van der Waals surface area (Å²) < 4.78 is 5.10. The second-order valence-corrected chi connectivity index (χ2v) is 4.63. The average Bonchev–Trinajstić information content (AvgIpc) is 2.88. The van der Waals surface area contributed by atoms with Crippen LogP contribution in [0.1, 0.15) is 34.7 Å². The van der Waals surface area contributed by atoms with Crippen molar-refractivity contribution in [3.8, 4) is 0 Å². The zero-order valence-corrected chi connectivity index (χ0v) is 11.1. The Morgan fingerprint density at radius 3 is 2.68 bits per heavy atom. The zero-order chi connectivity index (χ0) is 13.7. The van der Waals surface area contributed by atoms with Gasteiger partial charge >= 0.3 is 0 Å². The zero-order valence-electron chi connectivity index (χ0n) is 10.3. The molecule has 2 rings (SSSR count). The highest BCUT2D eigenvalue weighted by molar-refractivity contribution is 6.30. The van der Waals surface area contributed by atoms with E-state index in [4.69, 9.17) is 21.2 Å². The molecule has 0 saturated carbocycles. The highest BCUT2D eigenvalue weighted by Crippen LogP contribution is 2.15. The van der Waals surface area contributed by atoms with Crippen molar-refractivity contribution in [1.29, 1.82) is 0 Å². The first-order chi connectivity index (χ1) is 9.20. The van der Waals surface area contributed by atoms with Gasteiger partial charge in [-0.15, -0.1) is 0 Å². The van der Waals surface area contributed by atoms with E-state index in [0.717, 1.165) is 6.42 Å². The number of nitrogens with zero attached hydrogens (tertiary/aromatic N) is 1. The molecule has 100 valence electrons. The summed E-state index contributed by atoms with van der Waals surface area (Å²) in [6, 6.07) is 8.29. The second-order valence-electron chi connectivity index (χ2n) is 4.20. The molecule has 0 spiro atoms. The maximum absolute atomic E-state index is 12.1. The summed E-state index contributed by atoms with van der Waals surface area (Å²) >= 11 is 5.77. The standard InChI is InChI=1S/C14H14ClNO3/c15-11-6-4-10(5-7-11)14(18)13-9-12(19-16-13)3-1-2-8-17/h4-7,9,17H,1-3,8H2. The van der Waals surface area contributed by atoms with Crippen LogP contribution in [0.2, 0.25) is 5.02 Å². The van der Waals surface area contributed by atoms with Gasteiger partial charge < -0.3 is 9.63 Å². The van der Waals surface area contributed by atoms with Gasteiger partial charge in [-0.2, -0.15) is 0 Å². The Morgan fingerprint density at radius 2 is 2.00 bits per heavy atom. The minimum absolute atomic E-state index is 0.157. The predicted molar refractivity (Wildman–Crippen MR) is 71.4 cm³/mol. The summed E-state index contributed by atoms with van der Waals surface area (Å²) in [6.45, 7) is 0.157. The molecule has 0 unspecified atom stereocenters. The monoisotopic (exact) mass is 279 g/mol. The van der Waals surface area contributed by atoms with E-state index in [0.29, 0.717) is 34.9 Å². The van der Waals surface area contributed by atoms with Gasteiger partial charge in [-0.25, -0.2) is 0 Å². The maximum Gasteiger partial charge on any atom is 0.214 e. The topological polar surface area (TPSA) is 63.3 Å². The van der Waals surface area contributed by atoms with Crippen LogP contribution in [0.3, 0.4) is 0 Å². The number of aromatic nitrogens is 1. The van der Waals surface area contributed by atoms with Crippen LogP contribution in [-0.2, 0) is 6.42 Å². The smallest absolute Gasteiger partial charge is 0.214 e. The van der Waals surface area contributed by atoms with Crippen LogP contribution in [0, 0.1) is 0 Å². The first-order valence-corrected chi connectivity index (χ1v) is 6.45. The lowest BCUT2D eigenvalue weighted by molar-refractivity contribution is 0.103. The number of unbranched alkanes of at least 4 members (excludes halogenated alkanes) is 1. The van der Waals surface area contributed by atoms with E-state index in [1.807, 2.05) is 0 Å². The van der Waals surface area contributed by atoms with E-state index in [-0.39, 0.29) is 12.4 Å². The van der Waals surface area contributed by atoms with Crippen molar-refractivity contribution in [3.63, 3.8) is 0 Å². The van der Waals surface area contributed by atoms with Gasteiger partial charge in [0.15, 0.2) is 5.69 Å². The third-order valence-corrected chi connectivity index (χ3v) is 2.98. The summed E-state index contributed by atoms with van der Waals surface area (Å²) in [7, 11) is 0. The summed E-state index contributed by atoms with van der Waals surface area (Å²) in [6.07, 6.45) is 2.18. The minimum Gasteiger partial charge on any atom is -0.396 e. The number of aryl methyl sites for hydroxylation is 1. The lowest BCUT2D eigenvalue weighted by atomic mass is 10.1. The van der Waals surface area contributed by atoms with Crippen LogP contribution >= 0.6 is 11.6 Å². The molecule has 0 fully saturated rings. The molecule has 0 saturated heterocycles. The van der Waals surface area contributed by atoms with Crippen molar-refractivity contribution in [1.82, 2.24) is 5.16 Å². The van der Waals surface area contributed by atoms with Crippen molar-refractivity contribution in [3.05, 3.63) is 52.4 Å². The number of carbonyl (C=O) groups is 1.